The van der Waals surface area contributed by atoms with E-state index >= 15 is 0 Å². The molecule has 1 N–H and O–H groups in total. The topological polar surface area (TPSA) is 64.7 Å². The van der Waals surface area contributed by atoms with Gasteiger partial charge in [0.25, 0.3) is 5.91 Å². The summed E-state index contributed by atoms with van der Waals surface area (Å²) in [6.45, 7) is 4.81. The highest BCUT2D eigenvalue weighted by molar-refractivity contribution is 7.12. The van der Waals surface area contributed by atoms with Crippen LogP contribution in [0.5, 0.6) is 0 Å². The van der Waals surface area contributed by atoms with Gasteiger partial charge in [0.15, 0.2) is 0 Å². The minimum absolute atomic E-state index is 0.176. The Kier molecular flexibility index (Phi) is 6.39. The van der Waals surface area contributed by atoms with Crippen LogP contribution in [-0.2, 0) is 13.1 Å². The van der Waals surface area contributed by atoms with Crippen LogP contribution in [0.25, 0.3) is 0 Å². The maximum atomic E-state index is 12.8. The fraction of sp³-hybridized carbons (Fsp3) is 0.190. The summed E-state index contributed by atoms with van der Waals surface area (Å²) < 4.78 is 3.55. The highest BCUT2D eigenvalue weighted by Gasteiger charge is 2.17. The van der Waals surface area contributed by atoms with Crippen molar-refractivity contribution in [2.45, 2.75) is 26.9 Å². The molecule has 0 saturated heterocycles. The summed E-state index contributed by atoms with van der Waals surface area (Å²) in [5.74, 6) is -0.176. The number of hydrogen-bond acceptors (Lipinski definition) is 4. The van der Waals surface area contributed by atoms with E-state index < -0.39 is 0 Å². The molecule has 0 radical (unpaired) electrons. The number of benzene rings is 1. The number of hydrogen-bond donors (Lipinski definition) is 1. The van der Waals surface area contributed by atoms with E-state index in [0.717, 1.165) is 22.5 Å². The molecule has 0 aliphatic carbocycles. The van der Waals surface area contributed by atoms with Crippen LogP contribution in [-0.4, -0.2) is 25.5 Å². The number of carbonyl (C=O) groups excluding carboxylic acids is 1. The fourth-order valence-corrected chi connectivity index (χ4v) is 4.63. The molecule has 3 heterocycles. The minimum atomic E-state index is -0.176. The van der Waals surface area contributed by atoms with Crippen molar-refractivity contribution in [3.05, 3.63) is 84.5 Å². The molecule has 6 nitrogen and oxygen atoms in total. The Hall–Kier alpha value is -2.32. The molecule has 10 heteroatoms. The smallest absolute Gasteiger partial charge is 0.265 e. The quantitative estimate of drug-likeness (QED) is 0.354. The first-order valence-electron chi connectivity index (χ1n) is 9.35. The number of nitrogens with one attached hydrogen (secondary N) is 1. The lowest BCUT2D eigenvalue weighted by Crippen LogP contribution is -2.12. The largest absolute Gasteiger partial charge is 0.318 e. The highest BCUT2D eigenvalue weighted by Crippen LogP contribution is 2.26. The number of carbonyl (C=O) groups is 1. The summed E-state index contributed by atoms with van der Waals surface area (Å²) in [5, 5.41) is 15.4. The Morgan fingerprint density at radius 2 is 1.94 bits per heavy atom. The van der Waals surface area contributed by atoms with Crippen molar-refractivity contribution in [2.75, 3.05) is 5.32 Å². The third-order valence-corrected chi connectivity index (χ3v) is 6.54. The van der Waals surface area contributed by atoms with Gasteiger partial charge in [-0.05, 0) is 48.6 Å². The average molecular weight is 495 g/mol. The van der Waals surface area contributed by atoms with Gasteiger partial charge in [-0.1, -0.05) is 40.9 Å². The molecule has 0 bridgehead atoms. The Labute approximate surface area is 198 Å². The van der Waals surface area contributed by atoms with Crippen molar-refractivity contribution in [3.8, 4) is 0 Å². The third-order valence-electron chi connectivity index (χ3n) is 4.78. The summed E-state index contributed by atoms with van der Waals surface area (Å²) in [6, 6.07) is 7.23. The lowest BCUT2D eigenvalue weighted by atomic mass is 10.2. The zero-order valence-corrected chi connectivity index (χ0v) is 19.8. The predicted molar refractivity (Wildman–Crippen MR) is 126 cm³/mol. The van der Waals surface area contributed by atoms with Gasteiger partial charge < -0.3 is 5.32 Å². The van der Waals surface area contributed by atoms with E-state index in [4.69, 9.17) is 34.8 Å². The molecule has 0 fully saturated rings. The molecule has 0 atom stereocenters. The predicted octanol–water partition coefficient (Wildman–Crippen LogP) is 6.07. The van der Waals surface area contributed by atoms with Crippen molar-refractivity contribution in [1.82, 2.24) is 19.6 Å². The van der Waals surface area contributed by atoms with Crippen LogP contribution in [0.3, 0.4) is 0 Å². The van der Waals surface area contributed by atoms with Gasteiger partial charge in [-0.15, -0.1) is 11.3 Å². The lowest BCUT2D eigenvalue weighted by molar-refractivity contribution is 0.103. The molecule has 0 aliphatic rings. The summed E-state index contributed by atoms with van der Waals surface area (Å²) in [5.41, 5.74) is 4.16. The van der Waals surface area contributed by atoms with Gasteiger partial charge in [-0.3, -0.25) is 14.2 Å². The van der Waals surface area contributed by atoms with Crippen molar-refractivity contribution in [3.63, 3.8) is 0 Å². The van der Waals surface area contributed by atoms with Gasteiger partial charge in [0.2, 0.25) is 0 Å². The molecule has 1 aromatic carbocycles. The second-order valence-electron chi connectivity index (χ2n) is 7.07. The van der Waals surface area contributed by atoms with Gasteiger partial charge >= 0.3 is 0 Å². The molecular weight excluding hydrogens is 477 g/mol. The molecule has 160 valence electrons. The van der Waals surface area contributed by atoms with Gasteiger partial charge in [-0.25, -0.2) is 0 Å². The van der Waals surface area contributed by atoms with Crippen molar-refractivity contribution in [2.24, 2.45) is 0 Å². The van der Waals surface area contributed by atoms with Crippen LogP contribution in [0.2, 0.25) is 15.1 Å². The first kappa shape index (κ1) is 21.9. The first-order valence-corrected chi connectivity index (χ1v) is 11.4. The number of aromatic nitrogens is 4. The lowest BCUT2D eigenvalue weighted by Gasteiger charge is -2.08. The maximum Gasteiger partial charge on any atom is 0.265 e. The van der Waals surface area contributed by atoms with Crippen molar-refractivity contribution < 1.29 is 4.79 Å². The molecule has 0 unspecified atom stereocenters. The average Bonchev–Trinajstić information content (AvgIpc) is 3.41. The van der Waals surface area contributed by atoms with Crippen LogP contribution in [0.15, 0.2) is 42.0 Å². The standard InChI is InChI=1S/C21H18Cl3N5OS/c1-12-20(13(2)29(27-12)9-15-3-4-16(22)6-18(15)24)26-21(30)19-5-14(11-31-19)8-28-10-17(23)7-25-28/h3-7,10-11H,8-9H2,1-2H3,(H,26,30). The van der Waals surface area contributed by atoms with E-state index in [1.54, 1.807) is 29.2 Å². The number of nitrogens with zero attached hydrogens (tertiary/aromatic N) is 4. The normalized spacial score (nSPS) is 11.1. The molecule has 1 amide bonds. The highest BCUT2D eigenvalue weighted by atomic mass is 35.5. The summed E-state index contributed by atoms with van der Waals surface area (Å²) in [7, 11) is 0. The van der Waals surface area contributed by atoms with Crippen molar-refractivity contribution >= 4 is 57.7 Å². The number of halogens is 3. The molecule has 3 aromatic heterocycles. The summed E-state index contributed by atoms with van der Waals surface area (Å²) >= 11 is 19.6. The molecule has 4 rings (SSSR count). The van der Waals surface area contributed by atoms with Gasteiger partial charge in [-0.2, -0.15) is 10.2 Å². The van der Waals surface area contributed by atoms with Gasteiger partial charge in [0.1, 0.15) is 0 Å². The van der Waals surface area contributed by atoms with E-state index in [0.29, 0.717) is 38.7 Å². The summed E-state index contributed by atoms with van der Waals surface area (Å²) in [4.78, 5) is 13.4. The fourth-order valence-electron chi connectivity index (χ4n) is 3.21. The van der Waals surface area contributed by atoms with Crippen LogP contribution < -0.4 is 5.32 Å². The van der Waals surface area contributed by atoms with E-state index in [-0.39, 0.29) is 5.91 Å². The van der Waals surface area contributed by atoms with E-state index in [1.165, 1.54) is 11.3 Å². The Balaban J connectivity index is 1.48. The number of anilines is 1. The second kappa shape index (κ2) is 9.04. The monoisotopic (exact) mass is 493 g/mol. The number of rotatable bonds is 6. The zero-order chi connectivity index (χ0) is 22.1. The number of thiophene rings is 1. The maximum absolute atomic E-state index is 12.8. The SMILES string of the molecule is Cc1nn(Cc2ccc(Cl)cc2Cl)c(C)c1NC(=O)c1cc(Cn2cc(Cl)cn2)cs1. The van der Waals surface area contributed by atoms with Crippen LogP contribution in [0.1, 0.15) is 32.2 Å². The van der Waals surface area contributed by atoms with Crippen LogP contribution in [0.4, 0.5) is 5.69 Å². The Morgan fingerprint density at radius 3 is 2.65 bits per heavy atom. The van der Waals surface area contributed by atoms with E-state index in [1.807, 2.05) is 36.0 Å². The minimum Gasteiger partial charge on any atom is -0.318 e. The molecule has 0 saturated carbocycles. The Bertz CT molecular complexity index is 1260. The van der Waals surface area contributed by atoms with Gasteiger partial charge in [0, 0.05) is 16.2 Å². The number of aryl methyl sites for hydroxylation is 1. The van der Waals surface area contributed by atoms with E-state index in [2.05, 4.69) is 15.5 Å². The Morgan fingerprint density at radius 1 is 1.13 bits per heavy atom. The molecule has 0 aliphatic heterocycles. The van der Waals surface area contributed by atoms with Crippen LogP contribution >= 0.6 is 46.1 Å². The van der Waals surface area contributed by atoms with Gasteiger partial charge in [0.05, 0.1) is 46.3 Å². The summed E-state index contributed by atoms with van der Waals surface area (Å²) in [6.07, 6.45) is 3.33. The third kappa shape index (κ3) is 4.96. The molecule has 31 heavy (non-hydrogen) atoms. The second-order valence-corrected chi connectivity index (χ2v) is 9.26. The molecular formula is C21H18Cl3N5OS. The first-order chi connectivity index (χ1) is 14.8. The molecule has 0 spiro atoms. The number of amides is 1. The van der Waals surface area contributed by atoms with Crippen LogP contribution in [0, 0.1) is 13.8 Å². The molecule has 4 aromatic rings. The van der Waals surface area contributed by atoms with Crippen molar-refractivity contribution in [1.29, 1.82) is 0 Å². The van der Waals surface area contributed by atoms with E-state index in [9.17, 15) is 4.79 Å². The zero-order valence-electron chi connectivity index (χ0n) is 16.7.